The number of ether oxygens (including phenoxy) is 1. The van der Waals surface area contributed by atoms with E-state index in [-0.39, 0.29) is 31.1 Å². The number of halogens is 11. The molecule has 1 amide bonds. The molecule has 0 saturated carbocycles. The minimum atomic E-state index is -5.69. The molecule has 2 aromatic carbocycles. The lowest BCUT2D eigenvalue weighted by molar-refractivity contribution is -0.141. The number of rotatable bonds is 6. The van der Waals surface area contributed by atoms with Gasteiger partial charge in [-0.05, 0) is 37.1 Å². The number of nitriles is 1. The van der Waals surface area contributed by atoms with Crippen LogP contribution in [0, 0.1) is 17.1 Å². The molecule has 6 heterocycles. The van der Waals surface area contributed by atoms with Crippen LogP contribution in [0.1, 0.15) is 57.7 Å². The van der Waals surface area contributed by atoms with Gasteiger partial charge in [-0.3, -0.25) is 14.4 Å². The van der Waals surface area contributed by atoms with Gasteiger partial charge in [0.2, 0.25) is 0 Å². The Morgan fingerprint density at radius 1 is 1.05 bits per heavy atom. The fourth-order valence-electron chi connectivity index (χ4n) is 8.63. The largest absolute Gasteiger partial charge is 0.461 e. The lowest BCUT2D eigenvalue weighted by Gasteiger charge is -2.32. The predicted octanol–water partition coefficient (Wildman–Crippen LogP) is 8.03. The quantitative estimate of drug-likeness (QED) is 0.169. The van der Waals surface area contributed by atoms with E-state index < -0.39 is 133 Å². The summed E-state index contributed by atoms with van der Waals surface area (Å²) in [7, 11) is 2.39. The van der Waals surface area contributed by atoms with E-state index in [1.165, 1.54) is 14.1 Å². The molecule has 3 aliphatic rings. The lowest BCUT2D eigenvalue weighted by Crippen LogP contribution is -2.43. The monoisotopic (exact) mass is 873 g/mol. The molecular weight excluding hydrogens is 844 g/mol. The van der Waals surface area contributed by atoms with Gasteiger partial charge in [-0.1, -0.05) is 6.07 Å². The summed E-state index contributed by atoms with van der Waals surface area (Å²) in [6, 6.07) is 2.44. The summed E-state index contributed by atoms with van der Waals surface area (Å²) in [5, 5.41) is 11.9. The number of aromatic nitrogens is 4. The van der Waals surface area contributed by atoms with Crippen molar-refractivity contribution in [2.45, 2.75) is 62.6 Å². The molecule has 2 saturated heterocycles. The molecule has 11 nitrogen and oxygen atoms in total. The number of nitrogens with zero attached hydrogens (tertiary/aromatic N) is 8. The smallest absolute Gasteiger partial charge is 0.420 e. The Bertz CT molecular complexity index is 2630. The molecule has 2 fully saturated rings. The van der Waals surface area contributed by atoms with Crippen molar-refractivity contribution in [3.63, 3.8) is 0 Å². The van der Waals surface area contributed by atoms with Gasteiger partial charge in [0, 0.05) is 49.9 Å². The van der Waals surface area contributed by atoms with Crippen LogP contribution in [0.2, 0.25) is 0 Å². The summed E-state index contributed by atoms with van der Waals surface area (Å²) in [4.78, 5) is 24.8. The summed E-state index contributed by atoms with van der Waals surface area (Å²) >= 11 is 0.445. The summed E-state index contributed by atoms with van der Waals surface area (Å²) in [6.07, 6.45) is -16.7. The van der Waals surface area contributed by atoms with Gasteiger partial charge in [-0.25, -0.2) is 8.78 Å². The van der Waals surface area contributed by atoms with Crippen molar-refractivity contribution in [2.24, 2.45) is 0 Å². The summed E-state index contributed by atoms with van der Waals surface area (Å²) < 4.78 is 173. The third kappa shape index (κ3) is 6.67. The number of carbonyl (C=O) groups excluding carboxylic acids is 1. The highest BCUT2D eigenvalue weighted by atomic mass is 32.1. The maximum atomic E-state index is 15.7. The number of alkyl halides is 10. The Hall–Kier alpha value is -5.50. The van der Waals surface area contributed by atoms with Crippen molar-refractivity contribution in [1.29, 1.82) is 5.26 Å². The number of hydrogen-bond acceptors (Lipinski definition) is 10. The van der Waals surface area contributed by atoms with E-state index in [1.807, 2.05) is 4.90 Å². The number of benzene rings is 2. The molecular formula is C37H30F11N9O2S. The van der Waals surface area contributed by atoms with Crippen LogP contribution >= 0.6 is 11.3 Å². The van der Waals surface area contributed by atoms with Crippen LogP contribution in [0.15, 0.2) is 18.2 Å². The molecule has 8 rings (SSSR count). The van der Waals surface area contributed by atoms with E-state index in [0.29, 0.717) is 48.9 Å². The van der Waals surface area contributed by atoms with Gasteiger partial charge in [0.05, 0.1) is 51.2 Å². The van der Waals surface area contributed by atoms with Gasteiger partial charge in [0.25, 0.3) is 5.91 Å². The fraction of sp³-hybridized carbons (Fsp3) is 0.432. The number of anilines is 2. The lowest BCUT2D eigenvalue weighted by atomic mass is 9.88. The molecule has 5 aromatic rings. The molecule has 0 unspecified atom stereocenters. The molecule has 3 aromatic heterocycles. The van der Waals surface area contributed by atoms with Crippen LogP contribution in [0.3, 0.4) is 0 Å². The Balaban J connectivity index is 1.41. The first kappa shape index (κ1) is 41.2. The maximum absolute atomic E-state index is 15.7. The van der Waals surface area contributed by atoms with Gasteiger partial charge >= 0.3 is 24.5 Å². The second kappa shape index (κ2) is 14.0. The third-order valence-electron chi connectivity index (χ3n) is 11.1. The van der Waals surface area contributed by atoms with Crippen molar-refractivity contribution >= 4 is 49.1 Å². The van der Waals surface area contributed by atoms with Gasteiger partial charge in [-0.15, -0.1) is 11.3 Å². The summed E-state index contributed by atoms with van der Waals surface area (Å²) in [5.41, 5.74) is -6.11. The van der Waals surface area contributed by atoms with E-state index in [1.54, 1.807) is 6.07 Å². The van der Waals surface area contributed by atoms with Gasteiger partial charge in [0.1, 0.15) is 41.0 Å². The number of fused-ring (bicyclic) bond motifs is 4. The standard InChI is InChI=1S/C37H30F11N9O2S/c1-54(2)32(58)28-25(36(43,44)45)22-14-55(8-9-57(22)53-28)31-18-10-20(35(40,41)42)24(17-4-5-21(39)29-23(17)19(12-49)30(50)60-29)26(37(46,47)48)27(18)51-33(52-31)59-15-34-6-3-7-56(34)13-16(38)11-34/h4-5,10,16H,3,6-9,11,13-15,50H2,1-2H3/t16-,34+/m1/s1. The predicted molar refractivity (Wildman–Crippen MR) is 194 cm³/mol. The number of amides is 1. The molecule has 2 N–H and O–H groups in total. The molecule has 2 atom stereocenters. The first-order chi connectivity index (χ1) is 28.0. The second-order valence-electron chi connectivity index (χ2n) is 15.0. The molecule has 60 heavy (non-hydrogen) atoms. The highest BCUT2D eigenvalue weighted by Gasteiger charge is 2.50. The zero-order valence-electron chi connectivity index (χ0n) is 31.2. The number of hydrogen-bond donors (Lipinski definition) is 1. The summed E-state index contributed by atoms with van der Waals surface area (Å²) in [5.74, 6) is -2.87. The van der Waals surface area contributed by atoms with E-state index in [4.69, 9.17) is 10.5 Å². The van der Waals surface area contributed by atoms with Crippen LogP contribution in [0.4, 0.5) is 59.1 Å². The molecule has 0 bridgehead atoms. The minimum Gasteiger partial charge on any atom is -0.461 e. The van der Waals surface area contributed by atoms with Crippen molar-refractivity contribution in [2.75, 3.05) is 51.0 Å². The fourth-order valence-corrected chi connectivity index (χ4v) is 9.58. The number of thiophene rings is 1. The molecule has 318 valence electrons. The van der Waals surface area contributed by atoms with Crippen LogP contribution in [0.5, 0.6) is 6.01 Å². The highest BCUT2D eigenvalue weighted by Crippen LogP contribution is 2.53. The van der Waals surface area contributed by atoms with Gasteiger partial charge in [0.15, 0.2) is 5.69 Å². The number of carbonyl (C=O) groups is 1. The third-order valence-corrected chi connectivity index (χ3v) is 12.2. The first-order valence-electron chi connectivity index (χ1n) is 18.1. The maximum Gasteiger partial charge on any atom is 0.420 e. The van der Waals surface area contributed by atoms with Crippen LogP contribution in [-0.4, -0.2) is 87.5 Å². The van der Waals surface area contributed by atoms with Crippen LogP contribution in [0.25, 0.3) is 32.1 Å². The Kier molecular flexibility index (Phi) is 9.65. The number of nitrogens with two attached hydrogens (primary N) is 1. The van der Waals surface area contributed by atoms with E-state index >= 15 is 30.7 Å². The van der Waals surface area contributed by atoms with Gasteiger partial charge in [-0.2, -0.15) is 59.8 Å². The molecule has 23 heteroatoms. The van der Waals surface area contributed by atoms with Crippen molar-refractivity contribution < 1.29 is 57.8 Å². The zero-order valence-corrected chi connectivity index (χ0v) is 32.0. The number of nitrogen functional groups attached to an aromatic ring is 1. The van der Waals surface area contributed by atoms with E-state index in [0.717, 1.165) is 14.5 Å². The topological polar surface area (TPSA) is 129 Å². The average Bonchev–Trinajstić information content (AvgIpc) is 3.90. The minimum absolute atomic E-state index is 0.00374. The Morgan fingerprint density at radius 2 is 1.77 bits per heavy atom. The van der Waals surface area contributed by atoms with Crippen LogP contribution in [-0.2, 0) is 31.6 Å². The van der Waals surface area contributed by atoms with Gasteiger partial charge < -0.3 is 20.3 Å². The van der Waals surface area contributed by atoms with Crippen molar-refractivity contribution in [3.05, 3.63) is 57.7 Å². The molecule has 0 spiro atoms. The molecule has 0 radical (unpaired) electrons. The molecule has 0 aliphatic carbocycles. The highest BCUT2D eigenvalue weighted by molar-refractivity contribution is 7.23. The van der Waals surface area contributed by atoms with E-state index in [9.17, 15) is 27.6 Å². The van der Waals surface area contributed by atoms with Crippen molar-refractivity contribution in [1.82, 2.24) is 29.5 Å². The van der Waals surface area contributed by atoms with E-state index in [2.05, 4.69) is 15.1 Å². The Morgan fingerprint density at radius 3 is 2.42 bits per heavy atom. The molecule has 3 aliphatic heterocycles. The first-order valence-corrected chi connectivity index (χ1v) is 18.9. The van der Waals surface area contributed by atoms with Crippen LogP contribution < -0.4 is 15.4 Å². The normalized spacial score (nSPS) is 19.9. The zero-order chi connectivity index (χ0) is 43.4. The summed E-state index contributed by atoms with van der Waals surface area (Å²) in [6.45, 7) is -1.46. The second-order valence-corrected chi connectivity index (χ2v) is 16.1. The van der Waals surface area contributed by atoms with Crippen molar-refractivity contribution in [3.8, 4) is 23.2 Å². The SMILES string of the molecule is CN(C)C(=O)c1nn2c(c1C(F)(F)F)CN(c1nc(OC[C@@]34CCCN3C[C@H](F)C4)nc3c(C(F)(F)F)c(-c4ccc(F)c5sc(N)c(C#N)c45)c(C(F)(F)F)cc13)CC2. The Labute approximate surface area is 335 Å². The average molecular weight is 874 g/mol.